The first-order valence-corrected chi connectivity index (χ1v) is 6.93. The van der Waals surface area contributed by atoms with E-state index in [-0.39, 0.29) is 11.8 Å². The molecule has 20 heavy (non-hydrogen) atoms. The number of hydrogen-bond donors (Lipinski definition) is 2. The summed E-state index contributed by atoms with van der Waals surface area (Å²) in [5.41, 5.74) is 1.09. The summed E-state index contributed by atoms with van der Waals surface area (Å²) >= 11 is 3.24. The molecule has 0 bridgehead atoms. The van der Waals surface area contributed by atoms with Gasteiger partial charge in [0.1, 0.15) is 17.4 Å². The van der Waals surface area contributed by atoms with Crippen LogP contribution in [0.15, 0.2) is 40.9 Å². The van der Waals surface area contributed by atoms with Crippen molar-refractivity contribution in [3.63, 3.8) is 0 Å². The minimum absolute atomic E-state index is 0.159. The highest BCUT2D eigenvalue weighted by Gasteiger charge is 2.12. The van der Waals surface area contributed by atoms with Crippen LogP contribution in [0.1, 0.15) is 24.1 Å². The van der Waals surface area contributed by atoms with Gasteiger partial charge < -0.3 is 10.4 Å². The molecule has 0 aliphatic rings. The van der Waals surface area contributed by atoms with Crippen LogP contribution in [-0.2, 0) is 6.54 Å². The Labute approximate surface area is 124 Å². The molecule has 5 heteroatoms. The summed E-state index contributed by atoms with van der Waals surface area (Å²) in [5.74, 6) is -1.02. The van der Waals surface area contributed by atoms with E-state index in [1.165, 1.54) is 12.1 Å². The largest absolute Gasteiger partial charge is 0.506 e. The average Bonchev–Trinajstić information content (AvgIpc) is 2.40. The molecule has 0 heterocycles. The van der Waals surface area contributed by atoms with Crippen LogP contribution >= 0.6 is 15.9 Å². The predicted molar refractivity (Wildman–Crippen MR) is 77.4 cm³/mol. The fraction of sp³-hybridized carbons (Fsp3) is 0.200. The lowest BCUT2D eigenvalue weighted by atomic mass is 10.1. The van der Waals surface area contributed by atoms with Crippen molar-refractivity contribution in [3.8, 4) is 5.75 Å². The zero-order valence-electron chi connectivity index (χ0n) is 10.8. The van der Waals surface area contributed by atoms with E-state index in [9.17, 15) is 13.9 Å². The molecule has 2 aromatic carbocycles. The third-order valence-electron chi connectivity index (χ3n) is 3.10. The van der Waals surface area contributed by atoms with Gasteiger partial charge in [0.25, 0.3) is 0 Å². The van der Waals surface area contributed by atoms with Crippen LogP contribution in [0, 0.1) is 11.6 Å². The highest BCUT2D eigenvalue weighted by atomic mass is 79.9. The SMILES string of the molecule is CC(NCc1cccc(Br)c1O)c1ccc(F)cc1F. The maximum Gasteiger partial charge on any atom is 0.134 e. The number of phenolic OH excluding ortho intramolecular Hbond substituents is 1. The highest BCUT2D eigenvalue weighted by molar-refractivity contribution is 9.10. The zero-order valence-corrected chi connectivity index (χ0v) is 12.4. The second-order valence-electron chi connectivity index (χ2n) is 4.52. The van der Waals surface area contributed by atoms with Crippen molar-refractivity contribution in [2.45, 2.75) is 19.5 Å². The molecule has 1 atom stereocenters. The van der Waals surface area contributed by atoms with E-state index in [0.29, 0.717) is 22.1 Å². The van der Waals surface area contributed by atoms with E-state index in [0.717, 1.165) is 6.07 Å². The van der Waals surface area contributed by atoms with Crippen molar-refractivity contribution in [2.75, 3.05) is 0 Å². The van der Waals surface area contributed by atoms with Gasteiger partial charge in [-0.1, -0.05) is 18.2 Å². The smallest absolute Gasteiger partial charge is 0.134 e. The average molecular weight is 342 g/mol. The van der Waals surface area contributed by atoms with Gasteiger partial charge in [-0.25, -0.2) is 8.78 Å². The fourth-order valence-electron chi connectivity index (χ4n) is 1.93. The molecule has 0 saturated carbocycles. The molecule has 0 spiro atoms. The van der Waals surface area contributed by atoms with Crippen molar-refractivity contribution in [1.82, 2.24) is 5.32 Å². The summed E-state index contributed by atoms with van der Waals surface area (Å²) < 4.78 is 27.1. The third kappa shape index (κ3) is 3.35. The van der Waals surface area contributed by atoms with Crippen LogP contribution in [0.25, 0.3) is 0 Å². The molecular formula is C15H14BrF2NO. The Kier molecular flexibility index (Phi) is 4.73. The van der Waals surface area contributed by atoms with E-state index < -0.39 is 11.6 Å². The lowest BCUT2D eigenvalue weighted by molar-refractivity contribution is 0.455. The van der Waals surface area contributed by atoms with E-state index >= 15 is 0 Å². The van der Waals surface area contributed by atoms with Crippen LogP contribution in [0.5, 0.6) is 5.75 Å². The molecule has 0 fully saturated rings. The maximum atomic E-state index is 13.6. The topological polar surface area (TPSA) is 32.3 Å². The van der Waals surface area contributed by atoms with E-state index in [1.807, 2.05) is 6.07 Å². The number of nitrogens with one attached hydrogen (secondary N) is 1. The summed E-state index contributed by atoms with van der Waals surface area (Å²) in [6, 6.07) is 8.54. The molecule has 2 aromatic rings. The minimum Gasteiger partial charge on any atom is -0.506 e. The van der Waals surface area contributed by atoms with Crippen molar-refractivity contribution < 1.29 is 13.9 Å². The molecule has 2 N–H and O–H groups in total. The lowest BCUT2D eigenvalue weighted by Gasteiger charge is -2.16. The first kappa shape index (κ1) is 14.9. The second kappa shape index (κ2) is 6.33. The Hall–Kier alpha value is -1.46. The zero-order chi connectivity index (χ0) is 14.7. The van der Waals surface area contributed by atoms with Crippen LogP contribution in [0.2, 0.25) is 0 Å². The predicted octanol–water partition coefficient (Wildman–Crippen LogP) is 4.28. The van der Waals surface area contributed by atoms with Crippen molar-refractivity contribution >= 4 is 15.9 Å². The number of hydrogen-bond acceptors (Lipinski definition) is 2. The fourth-order valence-corrected chi connectivity index (χ4v) is 2.34. The van der Waals surface area contributed by atoms with E-state index in [4.69, 9.17) is 0 Å². The minimum atomic E-state index is -0.594. The molecule has 0 aromatic heterocycles. The van der Waals surface area contributed by atoms with Crippen LogP contribution in [0.3, 0.4) is 0 Å². The van der Waals surface area contributed by atoms with Crippen LogP contribution in [0.4, 0.5) is 8.78 Å². The molecule has 0 aliphatic heterocycles. The molecule has 1 unspecified atom stereocenters. The molecule has 0 aliphatic carbocycles. The van der Waals surface area contributed by atoms with Crippen LogP contribution in [-0.4, -0.2) is 5.11 Å². The molecule has 0 radical (unpaired) electrons. The molecule has 0 amide bonds. The molecule has 2 rings (SSSR count). The maximum absolute atomic E-state index is 13.6. The van der Waals surface area contributed by atoms with Gasteiger partial charge in [0.05, 0.1) is 4.47 Å². The van der Waals surface area contributed by atoms with E-state index in [2.05, 4.69) is 21.2 Å². The summed E-state index contributed by atoms with van der Waals surface area (Å²) in [6.07, 6.45) is 0. The highest BCUT2D eigenvalue weighted by Crippen LogP contribution is 2.28. The number of halogens is 3. The van der Waals surface area contributed by atoms with Gasteiger partial charge in [0.15, 0.2) is 0 Å². The Bertz CT molecular complexity index is 619. The Balaban J connectivity index is 2.08. The van der Waals surface area contributed by atoms with E-state index in [1.54, 1.807) is 19.1 Å². The number of para-hydroxylation sites is 1. The van der Waals surface area contributed by atoms with Crippen molar-refractivity contribution in [2.24, 2.45) is 0 Å². The first-order chi connectivity index (χ1) is 9.49. The first-order valence-electron chi connectivity index (χ1n) is 6.13. The summed E-state index contributed by atoms with van der Waals surface area (Å²) in [5, 5.41) is 13.0. The number of aromatic hydroxyl groups is 1. The van der Waals surface area contributed by atoms with Gasteiger partial charge in [0, 0.05) is 29.8 Å². The van der Waals surface area contributed by atoms with Gasteiger partial charge in [0.2, 0.25) is 0 Å². The Morgan fingerprint density at radius 1 is 1.25 bits per heavy atom. The summed E-state index contributed by atoms with van der Waals surface area (Å²) in [7, 11) is 0. The van der Waals surface area contributed by atoms with Crippen molar-refractivity contribution in [1.29, 1.82) is 0 Å². The summed E-state index contributed by atoms with van der Waals surface area (Å²) in [4.78, 5) is 0. The number of phenols is 1. The molecule has 2 nitrogen and oxygen atoms in total. The van der Waals surface area contributed by atoms with Gasteiger partial charge >= 0.3 is 0 Å². The number of rotatable bonds is 4. The lowest BCUT2D eigenvalue weighted by Crippen LogP contribution is -2.19. The third-order valence-corrected chi connectivity index (χ3v) is 3.74. The quantitative estimate of drug-likeness (QED) is 0.869. The standard InChI is InChI=1S/C15H14BrF2NO/c1-9(12-6-5-11(17)7-14(12)18)19-8-10-3-2-4-13(16)15(10)20/h2-7,9,19-20H,8H2,1H3. The molecule has 0 saturated heterocycles. The second-order valence-corrected chi connectivity index (χ2v) is 5.37. The summed E-state index contributed by atoms with van der Waals surface area (Å²) in [6.45, 7) is 2.16. The van der Waals surface area contributed by atoms with Gasteiger partial charge in [-0.15, -0.1) is 0 Å². The Morgan fingerprint density at radius 2 is 2.00 bits per heavy atom. The van der Waals surface area contributed by atoms with Gasteiger partial charge in [-0.3, -0.25) is 0 Å². The Morgan fingerprint density at radius 3 is 2.70 bits per heavy atom. The molecular weight excluding hydrogens is 328 g/mol. The van der Waals surface area contributed by atoms with Crippen molar-refractivity contribution in [3.05, 3.63) is 63.6 Å². The van der Waals surface area contributed by atoms with Crippen LogP contribution < -0.4 is 5.32 Å². The monoisotopic (exact) mass is 341 g/mol. The van der Waals surface area contributed by atoms with Gasteiger partial charge in [-0.2, -0.15) is 0 Å². The number of benzene rings is 2. The molecule has 106 valence electrons. The normalized spacial score (nSPS) is 12.4. The van der Waals surface area contributed by atoms with Gasteiger partial charge in [-0.05, 0) is 35.0 Å².